The second-order valence-electron chi connectivity index (χ2n) is 5.23. The first-order valence-corrected chi connectivity index (χ1v) is 7.57. The number of phenolic OH excluding ortho intramolecular Hbond substituents is 1. The lowest BCUT2D eigenvalue weighted by molar-refractivity contribution is -0.385. The lowest BCUT2D eigenvalue weighted by atomic mass is 10.2. The van der Waals surface area contributed by atoms with Gasteiger partial charge in [-0.3, -0.25) is 10.1 Å². The molecular weight excluding hydrogens is 318 g/mol. The van der Waals surface area contributed by atoms with Gasteiger partial charge in [0.05, 0.1) is 22.5 Å². The monoisotopic (exact) mass is 333 g/mol. The summed E-state index contributed by atoms with van der Waals surface area (Å²) in [5.41, 5.74) is 1.88. The Kier molecular flexibility index (Phi) is 4.71. The van der Waals surface area contributed by atoms with Crippen LogP contribution < -0.4 is 5.01 Å². The molecule has 0 unspecified atom stereocenters. The number of nitro benzene ring substituents is 1. The summed E-state index contributed by atoms with van der Waals surface area (Å²) < 4.78 is 0. The highest BCUT2D eigenvalue weighted by atomic mass is 16.6. The molecule has 25 heavy (non-hydrogen) atoms. The van der Waals surface area contributed by atoms with Gasteiger partial charge in [-0.05, 0) is 36.4 Å². The maximum Gasteiger partial charge on any atom is 0.311 e. The van der Waals surface area contributed by atoms with E-state index in [1.807, 2.05) is 60.7 Å². The molecule has 1 N–H and O–H groups in total. The summed E-state index contributed by atoms with van der Waals surface area (Å²) in [7, 11) is 0. The molecule has 6 nitrogen and oxygen atoms in total. The van der Waals surface area contributed by atoms with E-state index in [9.17, 15) is 15.2 Å². The molecule has 124 valence electrons. The van der Waals surface area contributed by atoms with Crippen molar-refractivity contribution < 1.29 is 10.0 Å². The predicted octanol–water partition coefficient (Wildman–Crippen LogP) is 4.47. The Morgan fingerprint density at radius 3 is 2.00 bits per heavy atom. The van der Waals surface area contributed by atoms with Gasteiger partial charge in [0, 0.05) is 11.6 Å². The molecule has 0 spiro atoms. The first kappa shape index (κ1) is 16.2. The molecule has 3 aromatic rings. The highest BCUT2D eigenvalue weighted by molar-refractivity contribution is 5.83. The van der Waals surface area contributed by atoms with Gasteiger partial charge in [0.2, 0.25) is 0 Å². The Morgan fingerprint density at radius 2 is 1.48 bits per heavy atom. The van der Waals surface area contributed by atoms with Crippen LogP contribution >= 0.6 is 0 Å². The van der Waals surface area contributed by atoms with E-state index in [1.165, 1.54) is 18.3 Å². The van der Waals surface area contributed by atoms with E-state index in [4.69, 9.17) is 0 Å². The number of para-hydroxylation sites is 2. The molecule has 3 aromatic carbocycles. The van der Waals surface area contributed by atoms with E-state index < -0.39 is 4.92 Å². The quantitative estimate of drug-likeness (QED) is 0.424. The van der Waals surface area contributed by atoms with Crippen LogP contribution in [0.5, 0.6) is 5.75 Å². The van der Waals surface area contributed by atoms with Gasteiger partial charge in [-0.1, -0.05) is 36.4 Å². The van der Waals surface area contributed by atoms with Crippen LogP contribution in [0.3, 0.4) is 0 Å². The van der Waals surface area contributed by atoms with Crippen molar-refractivity contribution in [2.24, 2.45) is 5.10 Å². The fourth-order valence-corrected chi connectivity index (χ4v) is 2.31. The van der Waals surface area contributed by atoms with Gasteiger partial charge in [-0.15, -0.1) is 0 Å². The van der Waals surface area contributed by atoms with Crippen molar-refractivity contribution in [2.75, 3.05) is 5.01 Å². The molecule has 0 amide bonds. The summed E-state index contributed by atoms with van der Waals surface area (Å²) in [5.74, 6) is -0.370. The van der Waals surface area contributed by atoms with E-state index in [1.54, 1.807) is 11.1 Å². The van der Waals surface area contributed by atoms with Crippen molar-refractivity contribution in [3.8, 4) is 5.75 Å². The average molecular weight is 333 g/mol. The minimum Gasteiger partial charge on any atom is -0.502 e. The molecule has 0 aliphatic heterocycles. The van der Waals surface area contributed by atoms with Gasteiger partial charge in [0.15, 0.2) is 5.75 Å². The minimum atomic E-state index is -0.626. The lowest BCUT2D eigenvalue weighted by Gasteiger charge is -2.19. The first-order chi connectivity index (χ1) is 12.1. The van der Waals surface area contributed by atoms with Crippen LogP contribution in [0.15, 0.2) is 84.0 Å². The number of hydrogen-bond donors (Lipinski definition) is 1. The molecule has 0 saturated carbocycles. The Bertz CT molecular complexity index is 857. The molecular formula is C19H15N3O3. The Morgan fingerprint density at radius 1 is 0.920 bits per heavy atom. The summed E-state index contributed by atoms with van der Waals surface area (Å²) in [4.78, 5) is 10.3. The van der Waals surface area contributed by atoms with E-state index in [2.05, 4.69) is 5.10 Å². The number of nitrogens with zero attached hydrogens (tertiary/aromatic N) is 3. The largest absolute Gasteiger partial charge is 0.502 e. The fraction of sp³-hybridized carbons (Fsp3) is 0. The maximum atomic E-state index is 10.9. The Balaban J connectivity index is 1.97. The summed E-state index contributed by atoms with van der Waals surface area (Å²) >= 11 is 0. The van der Waals surface area contributed by atoms with Crippen molar-refractivity contribution in [3.63, 3.8) is 0 Å². The molecule has 0 aliphatic rings. The smallest absolute Gasteiger partial charge is 0.311 e. The number of aromatic hydroxyl groups is 1. The van der Waals surface area contributed by atoms with Crippen molar-refractivity contribution in [1.82, 2.24) is 0 Å². The van der Waals surface area contributed by atoms with Gasteiger partial charge >= 0.3 is 5.69 Å². The van der Waals surface area contributed by atoms with Gasteiger partial charge in [0.25, 0.3) is 0 Å². The summed E-state index contributed by atoms with van der Waals surface area (Å²) in [6.45, 7) is 0. The zero-order valence-electron chi connectivity index (χ0n) is 13.2. The lowest BCUT2D eigenvalue weighted by Crippen LogP contribution is -2.09. The average Bonchev–Trinajstić information content (AvgIpc) is 2.65. The Hall–Kier alpha value is -3.67. The topological polar surface area (TPSA) is 79.0 Å². The zero-order valence-corrected chi connectivity index (χ0v) is 13.2. The van der Waals surface area contributed by atoms with E-state index in [0.29, 0.717) is 5.56 Å². The van der Waals surface area contributed by atoms with Crippen LogP contribution in [0.25, 0.3) is 0 Å². The van der Waals surface area contributed by atoms with Crippen LogP contribution in [0.2, 0.25) is 0 Å². The number of anilines is 2. The summed E-state index contributed by atoms with van der Waals surface area (Å²) in [6, 6.07) is 23.3. The second-order valence-corrected chi connectivity index (χ2v) is 5.23. The van der Waals surface area contributed by atoms with E-state index in [-0.39, 0.29) is 11.4 Å². The third-order valence-corrected chi connectivity index (χ3v) is 3.52. The van der Waals surface area contributed by atoms with Gasteiger partial charge in [-0.25, -0.2) is 5.01 Å². The van der Waals surface area contributed by atoms with E-state index >= 15 is 0 Å². The molecule has 6 heteroatoms. The van der Waals surface area contributed by atoms with Gasteiger partial charge in [-0.2, -0.15) is 5.10 Å². The van der Waals surface area contributed by atoms with Crippen LogP contribution in [0, 0.1) is 10.1 Å². The standard InChI is InChI=1S/C19H15N3O3/c23-19-12-11-15(13-18(19)22(24)25)14-20-21(16-7-3-1-4-8-16)17-9-5-2-6-10-17/h1-14,23H/b20-14+. The predicted molar refractivity (Wildman–Crippen MR) is 97.4 cm³/mol. The normalized spacial score (nSPS) is 10.7. The molecule has 0 aliphatic carbocycles. The maximum absolute atomic E-state index is 10.9. The molecule has 0 saturated heterocycles. The molecule has 0 fully saturated rings. The molecule has 0 heterocycles. The molecule has 0 aromatic heterocycles. The number of rotatable bonds is 5. The minimum absolute atomic E-state index is 0.352. The summed E-state index contributed by atoms with van der Waals surface area (Å²) in [5, 5.41) is 26.7. The second kappa shape index (κ2) is 7.27. The Labute approximate surface area is 144 Å². The van der Waals surface area contributed by atoms with E-state index in [0.717, 1.165) is 11.4 Å². The highest BCUT2D eigenvalue weighted by Gasteiger charge is 2.13. The molecule has 3 rings (SSSR count). The number of benzene rings is 3. The molecule has 0 bridgehead atoms. The number of hydrazone groups is 1. The number of nitro groups is 1. The summed E-state index contributed by atoms with van der Waals surface area (Å²) in [6.07, 6.45) is 1.52. The van der Waals surface area contributed by atoms with Gasteiger partial charge in [0.1, 0.15) is 0 Å². The molecule has 0 radical (unpaired) electrons. The van der Waals surface area contributed by atoms with Crippen LogP contribution in [0.1, 0.15) is 5.56 Å². The highest BCUT2D eigenvalue weighted by Crippen LogP contribution is 2.27. The first-order valence-electron chi connectivity index (χ1n) is 7.57. The van der Waals surface area contributed by atoms with Crippen LogP contribution in [-0.4, -0.2) is 16.2 Å². The van der Waals surface area contributed by atoms with Crippen LogP contribution in [-0.2, 0) is 0 Å². The fourth-order valence-electron chi connectivity index (χ4n) is 2.31. The SMILES string of the molecule is O=[N+]([O-])c1cc(/C=N/N(c2ccccc2)c2ccccc2)ccc1O. The van der Waals surface area contributed by atoms with Crippen LogP contribution in [0.4, 0.5) is 17.1 Å². The number of hydrogen-bond acceptors (Lipinski definition) is 5. The zero-order chi connectivity index (χ0) is 17.6. The van der Waals surface area contributed by atoms with Crippen molar-refractivity contribution >= 4 is 23.3 Å². The third-order valence-electron chi connectivity index (χ3n) is 3.52. The van der Waals surface area contributed by atoms with Crippen molar-refractivity contribution in [3.05, 3.63) is 94.5 Å². The van der Waals surface area contributed by atoms with Gasteiger partial charge < -0.3 is 5.11 Å². The van der Waals surface area contributed by atoms with Crippen molar-refractivity contribution in [1.29, 1.82) is 0 Å². The third kappa shape index (κ3) is 3.81. The number of phenols is 1. The molecule has 0 atom stereocenters. The van der Waals surface area contributed by atoms with Crippen molar-refractivity contribution in [2.45, 2.75) is 0 Å².